The monoisotopic (exact) mass is 572 g/mol. The molecule has 1 fully saturated rings. The number of aromatic amines is 1. The lowest BCUT2D eigenvalue weighted by molar-refractivity contribution is -0.144. The molecule has 0 radical (unpaired) electrons. The number of H-pyrrole nitrogens is 1. The van der Waals surface area contributed by atoms with Crippen molar-refractivity contribution in [3.8, 4) is 0 Å². The number of hydrogen-bond donors (Lipinski definition) is 6. The van der Waals surface area contributed by atoms with Gasteiger partial charge in [-0.2, -0.15) is 10.3 Å². The van der Waals surface area contributed by atoms with Gasteiger partial charge in [-0.25, -0.2) is 15.0 Å². The number of tetrazole rings is 1. The van der Waals surface area contributed by atoms with Crippen molar-refractivity contribution >= 4 is 36.1 Å². The van der Waals surface area contributed by atoms with Gasteiger partial charge in [0.15, 0.2) is 5.82 Å². The lowest BCUT2D eigenvalue weighted by Crippen LogP contribution is -2.58. The number of benzene rings is 1. The number of urea groups is 1. The minimum absolute atomic E-state index is 0.00962. The molecular weight excluding hydrogens is 540 g/mol. The van der Waals surface area contributed by atoms with Crippen LogP contribution >= 0.6 is 0 Å². The predicted molar refractivity (Wildman–Crippen MR) is 141 cm³/mol. The first-order chi connectivity index (χ1) is 19.7. The van der Waals surface area contributed by atoms with Crippen LogP contribution < -0.4 is 21.8 Å². The summed E-state index contributed by atoms with van der Waals surface area (Å²) in [6.07, 6.45) is 1.54. The average molecular weight is 573 g/mol. The van der Waals surface area contributed by atoms with Crippen LogP contribution in [0.1, 0.15) is 43.5 Å². The number of carbonyl (C=O) groups excluding carboxylic acids is 4. The molecule has 1 aliphatic rings. The number of carboxylic acids is 1. The van der Waals surface area contributed by atoms with Gasteiger partial charge >= 0.3 is 18.1 Å². The minimum atomic E-state index is -1.22. The highest BCUT2D eigenvalue weighted by Gasteiger charge is 2.37. The van der Waals surface area contributed by atoms with E-state index in [1.54, 1.807) is 24.3 Å². The molecule has 3 rings (SSSR count). The summed E-state index contributed by atoms with van der Waals surface area (Å²) in [5, 5.41) is 31.5. The SMILES string of the molecule is NC(=O)NN=C[C@H](CC(=O)O)NC(=O)[C@@H]1CCCCN1C(=O)[C@H](CCc1nn[nH]n1)NC(=O)OCc1ccccc1. The minimum Gasteiger partial charge on any atom is -0.481 e. The molecule has 5 amide bonds. The van der Waals surface area contributed by atoms with Gasteiger partial charge in [0.2, 0.25) is 11.8 Å². The van der Waals surface area contributed by atoms with Crippen molar-refractivity contribution in [3.63, 3.8) is 0 Å². The number of aryl methyl sites for hydroxylation is 1. The van der Waals surface area contributed by atoms with E-state index in [1.807, 2.05) is 11.5 Å². The van der Waals surface area contributed by atoms with Crippen LogP contribution in [-0.4, -0.2) is 91.4 Å². The first-order valence-electron chi connectivity index (χ1n) is 12.8. The second-order valence-corrected chi connectivity index (χ2v) is 9.14. The van der Waals surface area contributed by atoms with Gasteiger partial charge in [-0.05, 0) is 31.2 Å². The van der Waals surface area contributed by atoms with Crippen LogP contribution in [0, 0.1) is 0 Å². The van der Waals surface area contributed by atoms with Gasteiger partial charge in [0.05, 0.1) is 12.5 Å². The Hall–Kier alpha value is -5.09. The quantitative estimate of drug-likeness (QED) is 0.132. The molecule has 3 atom stereocenters. The summed E-state index contributed by atoms with van der Waals surface area (Å²) in [6.45, 7) is 0.224. The zero-order valence-corrected chi connectivity index (χ0v) is 22.1. The van der Waals surface area contributed by atoms with Crippen molar-refractivity contribution in [2.45, 2.75) is 63.3 Å². The Bertz CT molecular complexity index is 1210. The molecule has 0 aliphatic carbocycles. The third-order valence-corrected chi connectivity index (χ3v) is 6.09. The van der Waals surface area contributed by atoms with Crippen LogP contribution in [0.4, 0.5) is 9.59 Å². The number of aliphatic carboxylic acids is 1. The topological polar surface area (TPSA) is 247 Å². The summed E-state index contributed by atoms with van der Waals surface area (Å²) in [6, 6.07) is 4.92. The molecule has 1 aliphatic heterocycles. The third-order valence-electron chi connectivity index (χ3n) is 6.09. The van der Waals surface area contributed by atoms with Crippen molar-refractivity contribution in [2.24, 2.45) is 10.8 Å². The smallest absolute Gasteiger partial charge is 0.408 e. The molecule has 17 heteroatoms. The summed E-state index contributed by atoms with van der Waals surface area (Å²) in [7, 11) is 0. The Kier molecular flexibility index (Phi) is 11.5. The van der Waals surface area contributed by atoms with Crippen LogP contribution in [0.15, 0.2) is 35.4 Å². The van der Waals surface area contributed by atoms with Crippen molar-refractivity contribution in [1.29, 1.82) is 0 Å². The molecule has 220 valence electrons. The second-order valence-electron chi connectivity index (χ2n) is 9.14. The van der Waals surface area contributed by atoms with E-state index in [1.165, 1.54) is 4.90 Å². The van der Waals surface area contributed by atoms with Crippen LogP contribution in [0.2, 0.25) is 0 Å². The Morgan fingerprint density at radius 2 is 1.98 bits per heavy atom. The number of nitrogens with one attached hydrogen (secondary N) is 4. The van der Waals surface area contributed by atoms with E-state index in [2.05, 4.69) is 36.4 Å². The number of nitrogens with two attached hydrogens (primary N) is 1. The van der Waals surface area contributed by atoms with E-state index in [4.69, 9.17) is 10.5 Å². The van der Waals surface area contributed by atoms with Gasteiger partial charge in [-0.3, -0.25) is 14.4 Å². The number of ether oxygens (including phenoxy) is 1. The van der Waals surface area contributed by atoms with Gasteiger partial charge in [0.25, 0.3) is 0 Å². The van der Waals surface area contributed by atoms with Crippen molar-refractivity contribution in [1.82, 2.24) is 41.6 Å². The summed E-state index contributed by atoms with van der Waals surface area (Å²) in [5.41, 5.74) is 7.65. The molecule has 1 saturated heterocycles. The van der Waals surface area contributed by atoms with Gasteiger partial charge in [-0.15, -0.1) is 10.2 Å². The highest BCUT2D eigenvalue weighted by molar-refractivity contribution is 5.93. The van der Waals surface area contributed by atoms with Crippen molar-refractivity contribution in [2.75, 3.05) is 6.54 Å². The summed E-state index contributed by atoms with van der Waals surface area (Å²) < 4.78 is 5.29. The Labute approximate surface area is 234 Å². The fourth-order valence-corrected chi connectivity index (χ4v) is 4.19. The molecule has 2 heterocycles. The molecule has 0 unspecified atom stereocenters. The molecule has 7 N–H and O–H groups in total. The van der Waals surface area contributed by atoms with Gasteiger partial charge in [0.1, 0.15) is 18.7 Å². The largest absolute Gasteiger partial charge is 0.481 e. The zero-order valence-electron chi connectivity index (χ0n) is 22.1. The molecule has 2 aromatic rings. The lowest BCUT2D eigenvalue weighted by atomic mass is 9.98. The van der Waals surface area contributed by atoms with E-state index >= 15 is 0 Å². The summed E-state index contributed by atoms with van der Waals surface area (Å²) in [4.78, 5) is 63.1. The molecule has 17 nitrogen and oxygen atoms in total. The van der Waals surface area contributed by atoms with E-state index in [9.17, 15) is 29.1 Å². The van der Waals surface area contributed by atoms with Gasteiger partial charge < -0.3 is 31.1 Å². The van der Waals surface area contributed by atoms with Gasteiger partial charge in [0, 0.05) is 19.2 Å². The lowest BCUT2D eigenvalue weighted by Gasteiger charge is -2.37. The van der Waals surface area contributed by atoms with Crippen molar-refractivity contribution < 1.29 is 33.8 Å². The Morgan fingerprint density at radius 3 is 2.66 bits per heavy atom. The predicted octanol–water partition coefficient (Wildman–Crippen LogP) is -0.578. The number of rotatable bonds is 13. The van der Waals surface area contributed by atoms with E-state index in [0.29, 0.717) is 25.1 Å². The standard InChI is InChI=1S/C24H32N10O7/c25-23(39)31-26-13-16(12-20(35)36)27-21(37)18-8-4-5-11-34(18)22(38)17(9-10-19-29-32-33-30-19)28-24(40)41-14-15-6-2-1-3-7-15/h1-3,6-7,13,16-18H,4-5,8-12,14H2,(H,27,37)(H,28,40)(H,35,36)(H3,25,31,39)(H,29,30,32,33)/t16-,17-,18-/m0/s1. The molecule has 1 aromatic heterocycles. The van der Waals surface area contributed by atoms with Gasteiger partial charge in [-0.1, -0.05) is 35.5 Å². The molecule has 41 heavy (non-hydrogen) atoms. The number of hydrogen-bond acceptors (Lipinski definition) is 10. The third kappa shape index (κ3) is 10.2. The highest BCUT2D eigenvalue weighted by atomic mass is 16.5. The number of carbonyl (C=O) groups is 5. The van der Waals surface area contributed by atoms with Crippen molar-refractivity contribution in [3.05, 3.63) is 41.7 Å². The number of likely N-dealkylation sites (tertiary alicyclic amines) is 1. The van der Waals surface area contributed by atoms with Crippen LogP contribution in [0.5, 0.6) is 0 Å². The molecular formula is C24H32N10O7. The number of carboxylic acid groups (broad SMARTS) is 1. The van der Waals surface area contributed by atoms with E-state index < -0.39 is 54.5 Å². The first-order valence-corrected chi connectivity index (χ1v) is 12.8. The van der Waals surface area contributed by atoms with Crippen LogP contribution in [0.25, 0.3) is 0 Å². The summed E-state index contributed by atoms with van der Waals surface area (Å²) in [5.74, 6) is -2.03. The van der Waals surface area contributed by atoms with Crippen LogP contribution in [-0.2, 0) is 32.1 Å². The van der Waals surface area contributed by atoms with E-state index in [0.717, 1.165) is 11.8 Å². The maximum Gasteiger partial charge on any atom is 0.408 e. The number of amides is 5. The number of primary amides is 1. The molecule has 0 spiro atoms. The maximum atomic E-state index is 13.7. The zero-order chi connectivity index (χ0) is 29.6. The Balaban J connectivity index is 1.72. The highest BCUT2D eigenvalue weighted by Crippen LogP contribution is 2.20. The fourth-order valence-electron chi connectivity index (χ4n) is 4.19. The maximum absolute atomic E-state index is 13.7. The number of piperidine rings is 1. The molecule has 1 aromatic carbocycles. The normalized spacial score (nSPS) is 16.4. The second kappa shape index (κ2) is 15.5. The number of nitrogens with zero attached hydrogens (tertiary/aromatic N) is 5. The Morgan fingerprint density at radius 1 is 1.20 bits per heavy atom. The molecule has 0 saturated carbocycles. The number of aromatic nitrogens is 4. The number of alkyl carbamates (subject to hydrolysis) is 1. The molecule has 0 bridgehead atoms. The fraction of sp³-hybridized carbons (Fsp3) is 0.458. The summed E-state index contributed by atoms with van der Waals surface area (Å²) >= 11 is 0. The number of hydrazone groups is 1. The van der Waals surface area contributed by atoms with Crippen LogP contribution in [0.3, 0.4) is 0 Å². The average Bonchev–Trinajstić information content (AvgIpc) is 3.47. The van der Waals surface area contributed by atoms with E-state index in [-0.39, 0.29) is 26.0 Å². The first kappa shape index (κ1) is 30.5.